The molecule has 1 unspecified atom stereocenters. The number of hydrogen-bond acceptors (Lipinski definition) is 4. The molecule has 1 amide bonds. The maximum atomic E-state index is 12.6. The Labute approximate surface area is 178 Å². The molecule has 2 aliphatic rings. The van der Waals surface area contributed by atoms with Gasteiger partial charge >= 0.3 is 0 Å². The van der Waals surface area contributed by atoms with Crippen LogP contribution in [0.1, 0.15) is 36.0 Å². The molecule has 160 valence electrons. The Balaban J connectivity index is 1.33. The second-order valence-electron chi connectivity index (χ2n) is 8.22. The van der Waals surface area contributed by atoms with E-state index >= 15 is 0 Å². The largest absolute Gasteiger partial charge is 0.367 e. The van der Waals surface area contributed by atoms with Gasteiger partial charge < -0.3 is 10.2 Å². The van der Waals surface area contributed by atoms with Crippen LogP contribution < -0.4 is 10.2 Å². The van der Waals surface area contributed by atoms with E-state index in [0.29, 0.717) is 19.5 Å². The number of carbonyl (C=O) groups is 1. The minimum Gasteiger partial charge on any atom is -0.367 e. The van der Waals surface area contributed by atoms with Crippen molar-refractivity contribution in [2.75, 3.05) is 24.2 Å². The lowest BCUT2D eigenvalue weighted by molar-refractivity contribution is -0.125. The average molecular weight is 428 g/mol. The Bertz CT molecular complexity index is 1000. The van der Waals surface area contributed by atoms with Crippen molar-refractivity contribution >= 4 is 21.6 Å². The lowest BCUT2D eigenvalue weighted by Gasteiger charge is -2.32. The third kappa shape index (κ3) is 4.68. The number of hydrogen-bond donors (Lipinski definition) is 1. The molecule has 7 heteroatoms. The summed E-state index contributed by atoms with van der Waals surface area (Å²) in [6.07, 6.45) is 4.52. The van der Waals surface area contributed by atoms with Crippen LogP contribution in [0.25, 0.3) is 0 Å². The molecular weight excluding hydrogens is 398 g/mol. The molecule has 0 aliphatic carbocycles. The molecule has 0 radical (unpaired) electrons. The van der Waals surface area contributed by atoms with Gasteiger partial charge in [-0.3, -0.25) is 4.79 Å². The number of sulfonamides is 1. The van der Waals surface area contributed by atoms with Crippen LogP contribution >= 0.6 is 0 Å². The summed E-state index contributed by atoms with van der Waals surface area (Å²) in [6, 6.07) is 16.2. The van der Waals surface area contributed by atoms with Crippen molar-refractivity contribution in [3.05, 3.63) is 65.2 Å². The first kappa shape index (κ1) is 20.9. The van der Waals surface area contributed by atoms with E-state index in [1.54, 1.807) is 0 Å². The maximum absolute atomic E-state index is 12.6. The third-order valence-corrected chi connectivity index (χ3v) is 7.32. The summed E-state index contributed by atoms with van der Waals surface area (Å²) in [4.78, 5) is 15.0. The fraction of sp³-hybridized carbons (Fsp3) is 0.435. The van der Waals surface area contributed by atoms with Gasteiger partial charge in [0.2, 0.25) is 15.9 Å². The number of anilines is 1. The zero-order chi connectivity index (χ0) is 21.1. The first-order valence-electron chi connectivity index (χ1n) is 10.6. The molecule has 1 saturated heterocycles. The molecule has 1 fully saturated rings. The summed E-state index contributed by atoms with van der Waals surface area (Å²) in [5.74, 6) is -0.210. The highest BCUT2D eigenvalue weighted by Gasteiger charge is 2.34. The van der Waals surface area contributed by atoms with Crippen LogP contribution in [0.15, 0.2) is 48.5 Å². The van der Waals surface area contributed by atoms with Crippen LogP contribution in [-0.4, -0.2) is 44.0 Å². The SMILES string of the molecule is CS(=O)(=O)N1CCCCC1C(=O)NCc1ccc(CN2CCc3ccccc32)cc1. The Morgan fingerprint density at radius 3 is 2.53 bits per heavy atom. The molecular formula is C23H29N3O3S. The fourth-order valence-corrected chi connectivity index (χ4v) is 5.55. The Hall–Kier alpha value is -2.38. The van der Waals surface area contributed by atoms with Crippen LogP contribution in [0.2, 0.25) is 0 Å². The first-order valence-corrected chi connectivity index (χ1v) is 12.4. The summed E-state index contributed by atoms with van der Waals surface area (Å²) in [5, 5.41) is 2.92. The zero-order valence-corrected chi connectivity index (χ0v) is 18.2. The zero-order valence-electron chi connectivity index (χ0n) is 17.4. The second-order valence-corrected chi connectivity index (χ2v) is 10.2. The Morgan fingerprint density at radius 2 is 1.77 bits per heavy atom. The molecule has 0 saturated carbocycles. The molecule has 4 rings (SSSR count). The summed E-state index contributed by atoms with van der Waals surface area (Å²) in [7, 11) is -3.37. The van der Waals surface area contributed by atoms with Crippen molar-refractivity contribution in [3.63, 3.8) is 0 Å². The van der Waals surface area contributed by atoms with Gasteiger partial charge in [0.15, 0.2) is 0 Å². The molecule has 0 bridgehead atoms. The van der Waals surface area contributed by atoms with Crippen molar-refractivity contribution in [1.82, 2.24) is 9.62 Å². The van der Waals surface area contributed by atoms with Gasteiger partial charge in [0.25, 0.3) is 0 Å². The molecule has 2 aromatic rings. The highest BCUT2D eigenvalue weighted by atomic mass is 32.2. The number of para-hydroxylation sites is 1. The van der Waals surface area contributed by atoms with Crippen molar-refractivity contribution in [1.29, 1.82) is 0 Å². The van der Waals surface area contributed by atoms with E-state index in [2.05, 4.69) is 46.6 Å². The summed E-state index contributed by atoms with van der Waals surface area (Å²) < 4.78 is 25.3. The van der Waals surface area contributed by atoms with Crippen LogP contribution in [-0.2, 0) is 34.3 Å². The standard InChI is InChI=1S/C23H29N3O3S/c1-30(28,29)26-14-5-4-8-22(26)23(27)24-16-18-9-11-19(12-10-18)17-25-15-13-20-6-2-3-7-21(20)25/h2-3,6-7,9-12,22H,4-5,8,13-17H2,1H3,(H,24,27). The Kier molecular flexibility index (Phi) is 6.11. The number of benzene rings is 2. The molecule has 6 nitrogen and oxygen atoms in total. The van der Waals surface area contributed by atoms with E-state index in [9.17, 15) is 13.2 Å². The molecule has 0 aromatic heterocycles. The summed E-state index contributed by atoms with van der Waals surface area (Å²) in [5.41, 5.74) is 4.97. The Morgan fingerprint density at radius 1 is 1.03 bits per heavy atom. The van der Waals surface area contributed by atoms with Crippen molar-refractivity contribution in [2.45, 2.75) is 44.8 Å². The van der Waals surface area contributed by atoms with Crippen LogP contribution in [0.5, 0.6) is 0 Å². The van der Waals surface area contributed by atoms with Crippen molar-refractivity contribution in [3.8, 4) is 0 Å². The van der Waals surface area contributed by atoms with Crippen LogP contribution in [0.4, 0.5) is 5.69 Å². The number of piperidine rings is 1. The van der Waals surface area contributed by atoms with E-state index in [-0.39, 0.29) is 5.91 Å². The smallest absolute Gasteiger partial charge is 0.238 e. The van der Waals surface area contributed by atoms with E-state index in [1.165, 1.54) is 27.4 Å². The van der Waals surface area contributed by atoms with Gasteiger partial charge in [-0.25, -0.2) is 8.42 Å². The number of nitrogens with one attached hydrogen (secondary N) is 1. The molecule has 2 aliphatic heterocycles. The van der Waals surface area contributed by atoms with E-state index in [0.717, 1.165) is 37.9 Å². The molecule has 0 spiro atoms. The quantitative estimate of drug-likeness (QED) is 0.770. The number of rotatable bonds is 6. The van der Waals surface area contributed by atoms with Crippen molar-refractivity contribution in [2.24, 2.45) is 0 Å². The molecule has 2 heterocycles. The van der Waals surface area contributed by atoms with Gasteiger partial charge in [-0.1, -0.05) is 48.9 Å². The fourth-order valence-electron chi connectivity index (χ4n) is 4.42. The molecule has 1 N–H and O–H groups in total. The van der Waals surface area contributed by atoms with Gasteiger partial charge in [0.1, 0.15) is 6.04 Å². The number of nitrogens with zero attached hydrogens (tertiary/aromatic N) is 2. The molecule has 1 atom stereocenters. The van der Waals surface area contributed by atoms with E-state index in [4.69, 9.17) is 0 Å². The van der Waals surface area contributed by atoms with Crippen molar-refractivity contribution < 1.29 is 13.2 Å². The van der Waals surface area contributed by atoms with E-state index in [1.807, 2.05) is 12.1 Å². The number of amides is 1. The molecule has 2 aromatic carbocycles. The van der Waals surface area contributed by atoms with Gasteiger partial charge in [0, 0.05) is 31.9 Å². The normalized spacial score (nSPS) is 19.5. The summed E-state index contributed by atoms with van der Waals surface area (Å²) >= 11 is 0. The molecule has 30 heavy (non-hydrogen) atoms. The number of fused-ring (bicyclic) bond motifs is 1. The lowest BCUT2D eigenvalue weighted by Crippen LogP contribution is -2.51. The first-order chi connectivity index (χ1) is 14.4. The minimum absolute atomic E-state index is 0.210. The highest BCUT2D eigenvalue weighted by Crippen LogP contribution is 2.28. The lowest BCUT2D eigenvalue weighted by atomic mass is 10.0. The van der Waals surface area contributed by atoms with Crippen LogP contribution in [0, 0.1) is 0 Å². The topological polar surface area (TPSA) is 69.7 Å². The van der Waals surface area contributed by atoms with Gasteiger partial charge in [-0.15, -0.1) is 0 Å². The average Bonchev–Trinajstić information content (AvgIpc) is 3.15. The van der Waals surface area contributed by atoms with Gasteiger partial charge in [-0.2, -0.15) is 4.31 Å². The highest BCUT2D eigenvalue weighted by molar-refractivity contribution is 7.88. The monoisotopic (exact) mass is 427 g/mol. The van der Waals surface area contributed by atoms with Gasteiger partial charge in [0.05, 0.1) is 6.26 Å². The van der Waals surface area contributed by atoms with Crippen LogP contribution in [0.3, 0.4) is 0 Å². The second kappa shape index (κ2) is 8.78. The minimum atomic E-state index is -3.37. The predicted octanol–water partition coefficient (Wildman–Crippen LogP) is 2.68. The number of carbonyl (C=O) groups excluding carboxylic acids is 1. The van der Waals surface area contributed by atoms with Gasteiger partial charge in [-0.05, 0) is 42.0 Å². The maximum Gasteiger partial charge on any atom is 0.238 e. The summed E-state index contributed by atoms with van der Waals surface area (Å²) in [6.45, 7) is 2.73. The predicted molar refractivity (Wildman–Crippen MR) is 119 cm³/mol. The van der Waals surface area contributed by atoms with E-state index < -0.39 is 16.1 Å². The third-order valence-electron chi connectivity index (χ3n) is 6.03.